The van der Waals surface area contributed by atoms with Gasteiger partial charge < -0.3 is 14.4 Å². The lowest BCUT2D eigenvalue weighted by molar-refractivity contribution is -0.113. The van der Waals surface area contributed by atoms with E-state index in [0.29, 0.717) is 28.6 Å². The van der Waals surface area contributed by atoms with Crippen molar-refractivity contribution < 1.29 is 18.7 Å². The zero-order valence-electron chi connectivity index (χ0n) is 17.9. The number of carbonyl (C=O) groups excluding carboxylic acids is 1. The predicted octanol–water partition coefficient (Wildman–Crippen LogP) is 6.36. The average Bonchev–Trinajstić information content (AvgIpc) is 3.05. The van der Waals surface area contributed by atoms with E-state index in [1.165, 1.54) is 19.2 Å². The van der Waals surface area contributed by atoms with Gasteiger partial charge in [0.05, 0.1) is 17.8 Å². The van der Waals surface area contributed by atoms with Crippen molar-refractivity contribution >= 4 is 34.8 Å². The fourth-order valence-corrected chi connectivity index (χ4v) is 4.03. The van der Waals surface area contributed by atoms with E-state index in [4.69, 9.17) is 21.1 Å². The molecule has 0 radical (unpaired) electrons. The van der Waals surface area contributed by atoms with E-state index in [-0.39, 0.29) is 18.3 Å². The number of nitrogens with zero attached hydrogens (tertiary/aromatic N) is 1. The normalized spacial score (nSPS) is 14.1. The highest BCUT2D eigenvalue weighted by Gasteiger charge is 2.31. The van der Waals surface area contributed by atoms with E-state index in [0.717, 1.165) is 28.8 Å². The molecular formula is C26H23ClFNO3. The van der Waals surface area contributed by atoms with Crippen LogP contribution >= 0.6 is 11.6 Å². The van der Waals surface area contributed by atoms with Crippen LogP contribution in [0.2, 0.25) is 5.02 Å². The van der Waals surface area contributed by atoms with Gasteiger partial charge in [0.2, 0.25) is 0 Å². The van der Waals surface area contributed by atoms with Gasteiger partial charge in [-0.15, -0.1) is 0 Å². The van der Waals surface area contributed by atoms with Crippen LogP contribution in [-0.2, 0) is 11.4 Å². The summed E-state index contributed by atoms with van der Waals surface area (Å²) in [6.07, 6.45) is 2.70. The van der Waals surface area contributed by atoms with Crippen molar-refractivity contribution in [3.8, 4) is 11.5 Å². The predicted molar refractivity (Wildman–Crippen MR) is 126 cm³/mol. The third-order valence-electron chi connectivity index (χ3n) is 5.27. The fraction of sp³-hybridized carbons (Fsp3) is 0.192. The summed E-state index contributed by atoms with van der Waals surface area (Å²) in [5, 5.41) is 0.363. The Balaban J connectivity index is 1.65. The minimum Gasteiger partial charge on any atom is -0.493 e. The lowest BCUT2D eigenvalue weighted by Gasteiger charge is -2.15. The number of para-hydroxylation sites is 1. The van der Waals surface area contributed by atoms with Crippen LogP contribution in [0.5, 0.6) is 11.5 Å². The van der Waals surface area contributed by atoms with Gasteiger partial charge in [-0.25, -0.2) is 4.39 Å². The summed E-state index contributed by atoms with van der Waals surface area (Å²) in [6.45, 7) is 2.93. The molecule has 1 aliphatic heterocycles. The molecule has 0 fully saturated rings. The van der Waals surface area contributed by atoms with Gasteiger partial charge >= 0.3 is 0 Å². The van der Waals surface area contributed by atoms with Crippen LogP contribution < -0.4 is 14.4 Å². The Labute approximate surface area is 191 Å². The molecule has 4 nitrogen and oxygen atoms in total. The molecule has 164 valence electrons. The average molecular weight is 452 g/mol. The summed E-state index contributed by atoms with van der Waals surface area (Å²) in [4.78, 5) is 14.9. The van der Waals surface area contributed by atoms with Crippen LogP contribution in [0, 0.1) is 5.82 Å². The maximum Gasteiger partial charge on any atom is 0.258 e. The molecule has 3 aromatic rings. The van der Waals surface area contributed by atoms with Crippen LogP contribution in [0.4, 0.5) is 10.1 Å². The molecule has 0 spiro atoms. The topological polar surface area (TPSA) is 38.8 Å². The molecule has 6 heteroatoms. The maximum atomic E-state index is 13.1. The van der Waals surface area contributed by atoms with Crippen LogP contribution in [0.25, 0.3) is 11.6 Å². The number of rotatable bonds is 7. The Bertz CT molecular complexity index is 1170. The zero-order valence-corrected chi connectivity index (χ0v) is 18.7. The molecule has 1 heterocycles. The van der Waals surface area contributed by atoms with Crippen molar-refractivity contribution in [3.05, 3.63) is 88.2 Å². The number of ether oxygens (including phenoxy) is 2. The van der Waals surface area contributed by atoms with Gasteiger partial charge in [-0.05, 0) is 54.0 Å². The minimum atomic E-state index is -0.303. The standard InChI is InChI=1S/C26H23ClFNO3/c1-3-12-29-23-7-5-4-6-20(23)21(26(29)30)13-18-14-22(27)25(24(15-18)31-2)32-16-17-8-10-19(28)11-9-17/h4-11,13-15H,3,12,16H2,1-2H3/b21-13-. The summed E-state index contributed by atoms with van der Waals surface area (Å²) < 4.78 is 24.5. The van der Waals surface area contributed by atoms with Crippen molar-refractivity contribution in [3.63, 3.8) is 0 Å². The van der Waals surface area contributed by atoms with Gasteiger partial charge in [0.15, 0.2) is 11.5 Å². The van der Waals surface area contributed by atoms with E-state index in [1.54, 1.807) is 29.2 Å². The highest BCUT2D eigenvalue weighted by atomic mass is 35.5. The van der Waals surface area contributed by atoms with Crippen molar-refractivity contribution in [2.45, 2.75) is 20.0 Å². The molecule has 0 saturated heterocycles. The van der Waals surface area contributed by atoms with Gasteiger partial charge in [0.25, 0.3) is 5.91 Å². The number of halogens is 2. The SMILES string of the molecule is CCCN1C(=O)/C(=C\c2cc(Cl)c(OCc3ccc(F)cc3)c(OC)c2)c2ccccc21. The van der Waals surface area contributed by atoms with E-state index < -0.39 is 0 Å². The number of carbonyl (C=O) groups is 1. The van der Waals surface area contributed by atoms with Crippen molar-refractivity contribution in [1.82, 2.24) is 0 Å². The van der Waals surface area contributed by atoms with E-state index in [2.05, 4.69) is 0 Å². The second-order valence-corrected chi connectivity index (χ2v) is 7.89. The number of amides is 1. The molecule has 4 rings (SSSR count). The minimum absolute atomic E-state index is 0.0280. The number of hydrogen-bond acceptors (Lipinski definition) is 3. The highest BCUT2D eigenvalue weighted by Crippen LogP contribution is 2.41. The lowest BCUT2D eigenvalue weighted by atomic mass is 10.0. The fourth-order valence-electron chi connectivity index (χ4n) is 3.76. The van der Waals surface area contributed by atoms with Crippen LogP contribution in [0.1, 0.15) is 30.0 Å². The first kappa shape index (κ1) is 21.9. The van der Waals surface area contributed by atoms with Gasteiger partial charge in [-0.2, -0.15) is 0 Å². The lowest BCUT2D eigenvalue weighted by Crippen LogP contribution is -2.26. The summed E-state index contributed by atoms with van der Waals surface area (Å²) >= 11 is 6.52. The van der Waals surface area contributed by atoms with Crippen LogP contribution in [0.15, 0.2) is 60.7 Å². The number of anilines is 1. The first-order valence-corrected chi connectivity index (χ1v) is 10.8. The van der Waals surface area contributed by atoms with Crippen molar-refractivity contribution in [2.24, 2.45) is 0 Å². The quantitative estimate of drug-likeness (QED) is 0.392. The zero-order chi connectivity index (χ0) is 22.7. The summed E-state index contributed by atoms with van der Waals surface area (Å²) in [5.74, 6) is 0.518. The second-order valence-electron chi connectivity index (χ2n) is 7.48. The number of benzene rings is 3. The number of hydrogen-bond donors (Lipinski definition) is 0. The van der Waals surface area contributed by atoms with E-state index in [1.807, 2.05) is 37.3 Å². The second kappa shape index (κ2) is 9.45. The molecule has 0 saturated carbocycles. The summed E-state index contributed by atoms with van der Waals surface area (Å²) in [6, 6.07) is 17.4. The molecule has 0 aliphatic carbocycles. The molecule has 1 amide bonds. The Kier molecular flexibility index (Phi) is 6.47. The Morgan fingerprint density at radius 2 is 1.84 bits per heavy atom. The molecule has 1 aliphatic rings. The molecule has 0 aromatic heterocycles. The Morgan fingerprint density at radius 3 is 2.56 bits per heavy atom. The van der Waals surface area contributed by atoms with Crippen molar-refractivity contribution in [1.29, 1.82) is 0 Å². The molecule has 32 heavy (non-hydrogen) atoms. The highest BCUT2D eigenvalue weighted by molar-refractivity contribution is 6.36. The molecule has 0 bridgehead atoms. The number of fused-ring (bicyclic) bond motifs is 1. The van der Waals surface area contributed by atoms with Gasteiger partial charge in [-0.3, -0.25) is 4.79 Å². The van der Waals surface area contributed by atoms with Gasteiger partial charge in [0.1, 0.15) is 12.4 Å². The van der Waals surface area contributed by atoms with Gasteiger partial charge in [-0.1, -0.05) is 48.9 Å². The van der Waals surface area contributed by atoms with Crippen molar-refractivity contribution in [2.75, 3.05) is 18.6 Å². The summed E-state index contributed by atoms with van der Waals surface area (Å²) in [7, 11) is 1.53. The maximum absolute atomic E-state index is 13.1. The first-order valence-electron chi connectivity index (χ1n) is 10.4. The molecule has 3 aromatic carbocycles. The molecule has 0 unspecified atom stereocenters. The molecule has 0 N–H and O–H groups in total. The summed E-state index contributed by atoms with van der Waals surface area (Å²) in [5.41, 5.74) is 3.98. The monoisotopic (exact) mass is 451 g/mol. The smallest absolute Gasteiger partial charge is 0.258 e. The van der Waals surface area contributed by atoms with E-state index in [9.17, 15) is 9.18 Å². The Hall–Kier alpha value is -3.31. The van der Waals surface area contributed by atoms with E-state index >= 15 is 0 Å². The molecular weight excluding hydrogens is 429 g/mol. The van der Waals surface area contributed by atoms with Crippen LogP contribution in [-0.4, -0.2) is 19.6 Å². The first-order chi connectivity index (χ1) is 15.5. The third-order valence-corrected chi connectivity index (χ3v) is 5.55. The molecule has 0 atom stereocenters. The number of methoxy groups -OCH3 is 1. The third kappa shape index (κ3) is 4.34. The largest absolute Gasteiger partial charge is 0.493 e. The van der Waals surface area contributed by atoms with Crippen LogP contribution in [0.3, 0.4) is 0 Å². The Morgan fingerprint density at radius 1 is 1.09 bits per heavy atom. The van der Waals surface area contributed by atoms with Gasteiger partial charge in [0, 0.05) is 17.7 Å².